The van der Waals surface area contributed by atoms with E-state index in [4.69, 9.17) is 4.74 Å². The van der Waals surface area contributed by atoms with Gasteiger partial charge in [0.25, 0.3) is 0 Å². The van der Waals surface area contributed by atoms with Crippen LogP contribution >= 0.6 is 0 Å². The summed E-state index contributed by atoms with van der Waals surface area (Å²) in [7, 11) is 1.71. The van der Waals surface area contributed by atoms with E-state index in [1.807, 2.05) is 12.1 Å². The van der Waals surface area contributed by atoms with E-state index in [2.05, 4.69) is 50.0 Å². The number of nitrogens with one attached hydrogen (secondary N) is 1. The zero-order chi connectivity index (χ0) is 14.8. The highest BCUT2D eigenvalue weighted by Crippen LogP contribution is 2.24. The monoisotopic (exact) mass is 276 g/mol. The SMILES string of the molecule is COc1ccc(CN2CC(C(C)(C)C)NCC2C)cc1. The zero-order valence-electron chi connectivity index (χ0n) is 13.4. The molecule has 112 valence electrons. The first-order valence-corrected chi connectivity index (χ1v) is 7.50. The third-order valence-corrected chi connectivity index (χ3v) is 4.29. The van der Waals surface area contributed by atoms with Gasteiger partial charge in [-0.2, -0.15) is 0 Å². The van der Waals surface area contributed by atoms with E-state index in [0.717, 1.165) is 25.4 Å². The van der Waals surface area contributed by atoms with Gasteiger partial charge in [-0.25, -0.2) is 0 Å². The second kappa shape index (κ2) is 6.15. The Morgan fingerprint density at radius 3 is 2.45 bits per heavy atom. The average molecular weight is 276 g/mol. The molecule has 0 saturated carbocycles. The van der Waals surface area contributed by atoms with Gasteiger partial charge in [0, 0.05) is 31.7 Å². The Morgan fingerprint density at radius 1 is 1.25 bits per heavy atom. The molecule has 2 unspecified atom stereocenters. The van der Waals surface area contributed by atoms with Crippen LogP contribution in [0, 0.1) is 5.41 Å². The lowest BCUT2D eigenvalue weighted by molar-refractivity contribution is 0.0877. The van der Waals surface area contributed by atoms with Crippen LogP contribution in [0.25, 0.3) is 0 Å². The van der Waals surface area contributed by atoms with Crippen molar-refractivity contribution in [3.63, 3.8) is 0 Å². The number of nitrogens with zero attached hydrogens (tertiary/aromatic N) is 1. The summed E-state index contributed by atoms with van der Waals surface area (Å²) in [4.78, 5) is 2.58. The van der Waals surface area contributed by atoms with Crippen molar-refractivity contribution in [2.75, 3.05) is 20.2 Å². The van der Waals surface area contributed by atoms with Gasteiger partial charge in [0.1, 0.15) is 5.75 Å². The summed E-state index contributed by atoms with van der Waals surface area (Å²) in [6.07, 6.45) is 0. The zero-order valence-corrected chi connectivity index (χ0v) is 13.4. The molecule has 1 fully saturated rings. The average Bonchev–Trinajstić information content (AvgIpc) is 2.41. The number of rotatable bonds is 3. The summed E-state index contributed by atoms with van der Waals surface area (Å²) < 4.78 is 5.22. The number of piperazine rings is 1. The lowest BCUT2D eigenvalue weighted by Gasteiger charge is -2.44. The van der Waals surface area contributed by atoms with Crippen LogP contribution in [0.1, 0.15) is 33.3 Å². The van der Waals surface area contributed by atoms with Gasteiger partial charge >= 0.3 is 0 Å². The fourth-order valence-electron chi connectivity index (χ4n) is 2.69. The van der Waals surface area contributed by atoms with Gasteiger partial charge in [0.2, 0.25) is 0 Å². The van der Waals surface area contributed by atoms with Gasteiger partial charge in [-0.1, -0.05) is 32.9 Å². The first kappa shape index (κ1) is 15.3. The van der Waals surface area contributed by atoms with Crippen molar-refractivity contribution in [1.29, 1.82) is 0 Å². The minimum absolute atomic E-state index is 0.304. The Hall–Kier alpha value is -1.06. The molecule has 0 bridgehead atoms. The molecule has 1 heterocycles. The quantitative estimate of drug-likeness (QED) is 0.918. The molecule has 1 saturated heterocycles. The van der Waals surface area contributed by atoms with Crippen LogP contribution in [0.3, 0.4) is 0 Å². The molecule has 3 nitrogen and oxygen atoms in total. The summed E-state index contributed by atoms with van der Waals surface area (Å²) in [5.74, 6) is 0.926. The van der Waals surface area contributed by atoms with Crippen molar-refractivity contribution in [2.45, 2.75) is 46.3 Å². The predicted octanol–water partition coefficient (Wildman–Crippen LogP) is 2.90. The van der Waals surface area contributed by atoms with Crippen molar-refractivity contribution in [1.82, 2.24) is 10.2 Å². The lowest BCUT2D eigenvalue weighted by atomic mass is 9.84. The molecule has 2 atom stereocenters. The number of hydrogen-bond donors (Lipinski definition) is 1. The second-order valence-corrected chi connectivity index (χ2v) is 6.95. The fourth-order valence-corrected chi connectivity index (χ4v) is 2.69. The first-order chi connectivity index (χ1) is 9.40. The molecule has 1 aromatic rings. The maximum absolute atomic E-state index is 5.22. The molecular formula is C17H28N2O. The molecule has 0 aromatic heterocycles. The van der Waals surface area contributed by atoms with Gasteiger partial charge in [0.05, 0.1) is 7.11 Å². The molecule has 0 radical (unpaired) electrons. The molecule has 0 spiro atoms. The summed E-state index contributed by atoms with van der Waals surface area (Å²) in [6, 6.07) is 9.55. The van der Waals surface area contributed by atoms with Gasteiger partial charge in [0.15, 0.2) is 0 Å². The molecule has 3 heteroatoms. The van der Waals surface area contributed by atoms with Crippen molar-refractivity contribution >= 4 is 0 Å². The molecule has 1 aliphatic heterocycles. The number of ether oxygens (including phenoxy) is 1. The summed E-state index contributed by atoms with van der Waals surface area (Å²) in [5, 5.41) is 3.68. The van der Waals surface area contributed by atoms with Crippen molar-refractivity contribution in [2.24, 2.45) is 5.41 Å². The Balaban J connectivity index is 2.02. The maximum atomic E-state index is 5.22. The number of hydrogen-bond acceptors (Lipinski definition) is 3. The Bertz CT molecular complexity index is 422. The molecule has 1 aliphatic rings. The van der Waals surface area contributed by atoms with E-state index in [9.17, 15) is 0 Å². The van der Waals surface area contributed by atoms with E-state index in [-0.39, 0.29) is 0 Å². The molecule has 0 amide bonds. The molecule has 0 aliphatic carbocycles. The minimum atomic E-state index is 0.304. The van der Waals surface area contributed by atoms with E-state index in [1.165, 1.54) is 5.56 Å². The van der Waals surface area contributed by atoms with Crippen LogP contribution in [0.15, 0.2) is 24.3 Å². The highest BCUT2D eigenvalue weighted by Gasteiger charge is 2.32. The van der Waals surface area contributed by atoms with Crippen molar-refractivity contribution in [3.8, 4) is 5.75 Å². The van der Waals surface area contributed by atoms with Crippen LogP contribution in [-0.4, -0.2) is 37.2 Å². The highest BCUT2D eigenvalue weighted by atomic mass is 16.5. The van der Waals surface area contributed by atoms with Crippen molar-refractivity contribution in [3.05, 3.63) is 29.8 Å². The largest absolute Gasteiger partial charge is 0.497 e. The van der Waals surface area contributed by atoms with Gasteiger partial charge in [-0.05, 0) is 30.0 Å². The molecule has 20 heavy (non-hydrogen) atoms. The summed E-state index contributed by atoms with van der Waals surface area (Å²) >= 11 is 0. The molecule has 1 aromatic carbocycles. The third kappa shape index (κ3) is 3.74. The number of methoxy groups -OCH3 is 1. The minimum Gasteiger partial charge on any atom is -0.497 e. The van der Waals surface area contributed by atoms with Gasteiger partial charge in [-0.15, -0.1) is 0 Å². The van der Waals surface area contributed by atoms with E-state index in [0.29, 0.717) is 17.5 Å². The van der Waals surface area contributed by atoms with Gasteiger partial charge in [-0.3, -0.25) is 4.90 Å². The van der Waals surface area contributed by atoms with Crippen LogP contribution in [0.5, 0.6) is 5.75 Å². The topological polar surface area (TPSA) is 24.5 Å². The van der Waals surface area contributed by atoms with Crippen molar-refractivity contribution < 1.29 is 4.74 Å². The Morgan fingerprint density at radius 2 is 1.90 bits per heavy atom. The van der Waals surface area contributed by atoms with E-state index < -0.39 is 0 Å². The normalized spacial score (nSPS) is 24.6. The predicted molar refractivity (Wildman–Crippen MR) is 84.1 cm³/mol. The smallest absolute Gasteiger partial charge is 0.118 e. The van der Waals surface area contributed by atoms with E-state index in [1.54, 1.807) is 7.11 Å². The van der Waals surface area contributed by atoms with Crippen LogP contribution in [0.4, 0.5) is 0 Å². The molecule has 1 N–H and O–H groups in total. The molecule has 2 rings (SSSR count). The molecular weight excluding hydrogens is 248 g/mol. The van der Waals surface area contributed by atoms with Crippen LogP contribution in [-0.2, 0) is 6.54 Å². The lowest BCUT2D eigenvalue weighted by Crippen LogP contribution is -2.59. The van der Waals surface area contributed by atoms with Gasteiger partial charge < -0.3 is 10.1 Å². The Kier molecular flexibility index (Phi) is 4.71. The van der Waals surface area contributed by atoms with Crippen LogP contribution in [0.2, 0.25) is 0 Å². The second-order valence-electron chi connectivity index (χ2n) is 6.95. The number of benzene rings is 1. The standard InChI is InChI=1S/C17H28N2O/c1-13-10-18-16(17(2,3)4)12-19(13)11-14-6-8-15(20-5)9-7-14/h6-9,13,16,18H,10-12H2,1-5H3. The fraction of sp³-hybridized carbons (Fsp3) is 0.647. The summed E-state index contributed by atoms with van der Waals surface area (Å²) in [6.45, 7) is 12.4. The highest BCUT2D eigenvalue weighted by molar-refractivity contribution is 5.27. The summed E-state index contributed by atoms with van der Waals surface area (Å²) in [5.41, 5.74) is 1.66. The first-order valence-electron chi connectivity index (χ1n) is 7.50. The Labute approximate surface area is 123 Å². The third-order valence-electron chi connectivity index (χ3n) is 4.29. The van der Waals surface area contributed by atoms with Crippen LogP contribution < -0.4 is 10.1 Å². The maximum Gasteiger partial charge on any atom is 0.118 e. The van der Waals surface area contributed by atoms with E-state index >= 15 is 0 Å².